The number of aromatic amines is 1. The molecule has 2 aliphatic rings. The Morgan fingerprint density at radius 1 is 1.18 bits per heavy atom. The molecule has 0 radical (unpaired) electrons. The number of alkyl halides is 3. The third kappa shape index (κ3) is 4.13. The fourth-order valence-electron chi connectivity index (χ4n) is 5.28. The van der Waals surface area contributed by atoms with Crippen LogP contribution < -0.4 is 11.2 Å². The van der Waals surface area contributed by atoms with Gasteiger partial charge in [0.25, 0.3) is 5.56 Å². The smallest absolute Gasteiger partial charge is 0.302 e. The third-order valence-electron chi connectivity index (χ3n) is 7.04. The van der Waals surface area contributed by atoms with E-state index in [1.165, 1.54) is 28.0 Å². The van der Waals surface area contributed by atoms with Gasteiger partial charge in [-0.25, -0.2) is 9.78 Å². The quantitative estimate of drug-likeness (QED) is 0.568. The zero-order valence-electron chi connectivity index (χ0n) is 18.9. The molecule has 0 unspecified atom stereocenters. The van der Waals surface area contributed by atoms with Gasteiger partial charge in [0.1, 0.15) is 0 Å². The molecule has 0 amide bonds. The number of H-pyrrole nitrogens is 1. The standard InChI is InChI=1S/C24H25F3N4O2S/c1-14-20(34-15(2)28-14)19-12-31(22(33)29-21(19)32)9-3-8-30-11-18-10-23(18,13-30)16-4-6-17(7-5-16)24(25,26)27/h4-7,12,18H,3,8-11,13H2,1-2H3,(H,29,32,33)/t18-,23+/m0/s1. The molecule has 1 saturated heterocycles. The number of rotatable bonds is 6. The Bertz CT molecular complexity index is 1340. The van der Waals surface area contributed by atoms with Gasteiger partial charge < -0.3 is 4.90 Å². The van der Waals surface area contributed by atoms with Crippen LogP contribution in [0.25, 0.3) is 10.4 Å². The molecule has 180 valence electrons. The number of likely N-dealkylation sites (tertiary alicyclic amines) is 1. The molecule has 2 atom stereocenters. The highest BCUT2D eigenvalue weighted by Crippen LogP contribution is 2.59. The van der Waals surface area contributed by atoms with Crippen molar-refractivity contribution in [2.45, 2.75) is 44.8 Å². The topological polar surface area (TPSA) is 71.0 Å². The molecule has 1 aliphatic heterocycles. The first-order chi connectivity index (χ1) is 16.1. The predicted octanol–water partition coefficient (Wildman–Crippen LogP) is 3.96. The molecule has 1 saturated carbocycles. The van der Waals surface area contributed by atoms with Crippen molar-refractivity contribution in [2.24, 2.45) is 5.92 Å². The van der Waals surface area contributed by atoms with Crippen LogP contribution >= 0.6 is 11.3 Å². The molecule has 1 N–H and O–H groups in total. The van der Waals surface area contributed by atoms with Crippen molar-refractivity contribution >= 4 is 11.3 Å². The second-order valence-corrected chi connectivity index (χ2v) is 10.6. The second kappa shape index (κ2) is 8.20. The van der Waals surface area contributed by atoms with Crippen LogP contribution in [0.2, 0.25) is 0 Å². The van der Waals surface area contributed by atoms with Crippen LogP contribution in [0.3, 0.4) is 0 Å². The molecular formula is C24H25F3N4O2S. The minimum atomic E-state index is -4.32. The zero-order valence-corrected chi connectivity index (χ0v) is 19.7. The summed E-state index contributed by atoms with van der Waals surface area (Å²) in [6, 6.07) is 5.59. The van der Waals surface area contributed by atoms with E-state index in [1.807, 2.05) is 13.8 Å². The number of piperidine rings is 1. The summed E-state index contributed by atoms with van der Waals surface area (Å²) in [5.41, 5.74) is 0.686. The summed E-state index contributed by atoms with van der Waals surface area (Å²) in [6.07, 6.45) is -0.975. The van der Waals surface area contributed by atoms with Gasteiger partial charge in [-0.1, -0.05) is 12.1 Å². The van der Waals surface area contributed by atoms with Crippen LogP contribution in [0, 0.1) is 19.8 Å². The van der Waals surface area contributed by atoms with Crippen LogP contribution in [0.15, 0.2) is 40.1 Å². The lowest BCUT2D eigenvalue weighted by Gasteiger charge is -2.21. The summed E-state index contributed by atoms with van der Waals surface area (Å²) in [7, 11) is 0. The van der Waals surface area contributed by atoms with Crippen molar-refractivity contribution in [3.8, 4) is 10.4 Å². The van der Waals surface area contributed by atoms with Crippen molar-refractivity contribution < 1.29 is 13.2 Å². The number of fused-ring (bicyclic) bond motifs is 1. The van der Waals surface area contributed by atoms with Crippen molar-refractivity contribution in [3.05, 3.63) is 73.1 Å². The number of nitrogens with zero attached hydrogens (tertiary/aromatic N) is 3. The number of hydrogen-bond acceptors (Lipinski definition) is 5. The molecule has 2 fully saturated rings. The number of aryl methyl sites for hydroxylation is 3. The lowest BCUT2D eigenvalue weighted by molar-refractivity contribution is -0.137. The van der Waals surface area contributed by atoms with Crippen LogP contribution in [0.5, 0.6) is 0 Å². The largest absolute Gasteiger partial charge is 0.416 e. The Morgan fingerprint density at radius 2 is 1.91 bits per heavy atom. The number of halogens is 3. The lowest BCUT2D eigenvalue weighted by Crippen LogP contribution is -2.32. The molecule has 5 rings (SSSR count). The van der Waals surface area contributed by atoms with E-state index in [4.69, 9.17) is 0 Å². The van der Waals surface area contributed by atoms with Gasteiger partial charge in [0.05, 0.1) is 26.7 Å². The number of aromatic nitrogens is 3. The van der Waals surface area contributed by atoms with Crippen molar-refractivity contribution in [1.82, 2.24) is 19.4 Å². The Labute approximate surface area is 198 Å². The van der Waals surface area contributed by atoms with Crippen molar-refractivity contribution in [2.75, 3.05) is 19.6 Å². The normalized spacial score (nSPS) is 22.2. The Morgan fingerprint density at radius 3 is 2.56 bits per heavy atom. The van der Waals surface area contributed by atoms with Gasteiger partial charge >= 0.3 is 11.9 Å². The number of thiazole rings is 1. The minimum Gasteiger partial charge on any atom is -0.302 e. The van der Waals surface area contributed by atoms with Crippen LogP contribution in [0.1, 0.15) is 34.7 Å². The second-order valence-electron chi connectivity index (χ2n) is 9.36. The Kier molecular flexibility index (Phi) is 5.55. The summed E-state index contributed by atoms with van der Waals surface area (Å²) in [6.45, 7) is 6.69. The maximum absolute atomic E-state index is 12.9. The van der Waals surface area contributed by atoms with E-state index in [2.05, 4.69) is 14.9 Å². The molecule has 1 aromatic carbocycles. The molecule has 2 aromatic heterocycles. The Hall–Kier alpha value is -2.72. The van der Waals surface area contributed by atoms with E-state index in [1.54, 1.807) is 18.3 Å². The first-order valence-corrected chi connectivity index (χ1v) is 12.1. The van der Waals surface area contributed by atoms with E-state index in [-0.39, 0.29) is 5.41 Å². The van der Waals surface area contributed by atoms with Gasteiger partial charge in [0.2, 0.25) is 0 Å². The maximum atomic E-state index is 12.9. The highest BCUT2D eigenvalue weighted by molar-refractivity contribution is 7.15. The first kappa shape index (κ1) is 23.0. The molecule has 0 bridgehead atoms. The molecular weight excluding hydrogens is 465 g/mol. The highest BCUT2D eigenvalue weighted by Gasteiger charge is 2.60. The number of hydrogen-bond donors (Lipinski definition) is 1. The molecule has 3 aromatic rings. The average molecular weight is 491 g/mol. The number of nitrogens with one attached hydrogen (secondary N) is 1. The predicted molar refractivity (Wildman–Crippen MR) is 124 cm³/mol. The van der Waals surface area contributed by atoms with E-state index < -0.39 is 23.0 Å². The molecule has 34 heavy (non-hydrogen) atoms. The summed E-state index contributed by atoms with van der Waals surface area (Å²) in [4.78, 5) is 34.6. The first-order valence-electron chi connectivity index (χ1n) is 11.2. The minimum absolute atomic E-state index is 0.0479. The van der Waals surface area contributed by atoms with E-state index in [9.17, 15) is 22.8 Å². The number of benzene rings is 1. The van der Waals surface area contributed by atoms with Gasteiger partial charge in [-0.05, 0) is 56.8 Å². The summed E-state index contributed by atoms with van der Waals surface area (Å²) < 4.78 is 40.2. The van der Waals surface area contributed by atoms with Gasteiger partial charge in [-0.15, -0.1) is 11.3 Å². The van der Waals surface area contributed by atoms with Crippen LogP contribution in [-0.4, -0.2) is 39.1 Å². The molecule has 10 heteroatoms. The van der Waals surface area contributed by atoms with Crippen LogP contribution in [-0.2, 0) is 18.1 Å². The molecule has 1 aliphatic carbocycles. The maximum Gasteiger partial charge on any atom is 0.416 e. The highest BCUT2D eigenvalue weighted by atomic mass is 32.1. The fourth-order valence-corrected chi connectivity index (χ4v) is 6.21. The van der Waals surface area contributed by atoms with Gasteiger partial charge in [-0.2, -0.15) is 13.2 Å². The summed E-state index contributed by atoms with van der Waals surface area (Å²) in [5.74, 6) is 0.462. The zero-order chi connectivity index (χ0) is 24.3. The summed E-state index contributed by atoms with van der Waals surface area (Å²) >= 11 is 1.43. The van der Waals surface area contributed by atoms with Crippen molar-refractivity contribution in [1.29, 1.82) is 0 Å². The Balaban J connectivity index is 1.23. The monoisotopic (exact) mass is 490 g/mol. The van der Waals surface area contributed by atoms with Gasteiger partial charge in [-0.3, -0.25) is 14.3 Å². The average Bonchev–Trinajstić information content (AvgIpc) is 3.17. The van der Waals surface area contributed by atoms with Gasteiger partial charge in [0, 0.05) is 31.2 Å². The molecule has 3 heterocycles. The SMILES string of the molecule is Cc1nc(C)c(-c2cn(CCCN3C[C@@H]4C[C@]4(c4ccc(C(F)(F)F)cc4)C3)c(=O)[nH]c2=O)s1. The van der Waals surface area contributed by atoms with E-state index in [0.29, 0.717) is 18.0 Å². The van der Waals surface area contributed by atoms with Gasteiger partial charge in [0.15, 0.2) is 0 Å². The molecule has 6 nitrogen and oxygen atoms in total. The lowest BCUT2D eigenvalue weighted by atomic mass is 9.94. The van der Waals surface area contributed by atoms with Crippen LogP contribution in [0.4, 0.5) is 13.2 Å². The van der Waals surface area contributed by atoms with Crippen molar-refractivity contribution in [3.63, 3.8) is 0 Å². The third-order valence-corrected chi connectivity index (χ3v) is 8.14. The molecule has 0 spiro atoms. The van der Waals surface area contributed by atoms with E-state index in [0.717, 1.165) is 53.6 Å². The summed E-state index contributed by atoms with van der Waals surface area (Å²) in [5, 5.41) is 0.860. The fraction of sp³-hybridized carbons (Fsp3) is 0.458. The van der Waals surface area contributed by atoms with E-state index >= 15 is 0 Å².